The van der Waals surface area contributed by atoms with Crippen LogP contribution in [0, 0.1) is 11.6 Å². The van der Waals surface area contributed by atoms with Crippen molar-refractivity contribution in [3.8, 4) is 0 Å². The van der Waals surface area contributed by atoms with Gasteiger partial charge in [0.2, 0.25) is 0 Å². The van der Waals surface area contributed by atoms with E-state index in [1.807, 2.05) is 17.6 Å². The third kappa shape index (κ3) is 2.61. The van der Waals surface area contributed by atoms with Gasteiger partial charge in [0.25, 0.3) is 0 Å². The van der Waals surface area contributed by atoms with E-state index >= 15 is 0 Å². The standard InChI is InChI=1S/C15H12ClF2N3/c1-9(16)15-20-13-7-19-5-4-14(13)21(15)8-10-2-3-11(17)12(18)6-10/h2-7,9H,8H2,1H3. The van der Waals surface area contributed by atoms with Gasteiger partial charge >= 0.3 is 0 Å². The molecule has 3 rings (SSSR count). The largest absolute Gasteiger partial charge is 0.322 e. The second kappa shape index (κ2) is 5.41. The van der Waals surface area contributed by atoms with Crippen LogP contribution in [0.4, 0.5) is 8.78 Å². The predicted octanol–water partition coefficient (Wildman–Crippen LogP) is 4.06. The molecule has 0 radical (unpaired) electrons. The molecule has 1 aromatic carbocycles. The smallest absolute Gasteiger partial charge is 0.159 e. The number of hydrogen-bond donors (Lipinski definition) is 0. The summed E-state index contributed by atoms with van der Waals surface area (Å²) in [5.41, 5.74) is 2.23. The fraction of sp³-hybridized carbons (Fsp3) is 0.200. The lowest BCUT2D eigenvalue weighted by atomic mass is 10.2. The van der Waals surface area contributed by atoms with Crippen LogP contribution in [0.1, 0.15) is 23.7 Å². The van der Waals surface area contributed by atoms with Crippen molar-refractivity contribution in [1.29, 1.82) is 0 Å². The lowest BCUT2D eigenvalue weighted by molar-refractivity contribution is 0.506. The Morgan fingerprint density at radius 3 is 2.76 bits per heavy atom. The zero-order chi connectivity index (χ0) is 15.0. The third-order valence-electron chi connectivity index (χ3n) is 3.26. The van der Waals surface area contributed by atoms with Crippen LogP contribution in [0.3, 0.4) is 0 Å². The maximum absolute atomic E-state index is 13.3. The third-order valence-corrected chi connectivity index (χ3v) is 3.46. The maximum Gasteiger partial charge on any atom is 0.159 e. The Balaban J connectivity index is 2.10. The predicted molar refractivity (Wildman–Crippen MR) is 77.3 cm³/mol. The van der Waals surface area contributed by atoms with E-state index in [0.29, 0.717) is 17.9 Å². The first-order valence-corrected chi connectivity index (χ1v) is 6.88. The number of nitrogens with zero attached hydrogens (tertiary/aromatic N) is 3. The van der Waals surface area contributed by atoms with Crippen LogP contribution in [0.2, 0.25) is 0 Å². The number of aromatic nitrogens is 3. The summed E-state index contributed by atoms with van der Waals surface area (Å²) in [5, 5.41) is -0.303. The van der Waals surface area contributed by atoms with Crippen molar-refractivity contribution < 1.29 is 8.78 Å². The van der Waals surface area contributed by atoms with E-state index in [2.05, 4.69) is 9.97 Å². The average molecular weight is 308 g/mol. The van der Waals surface area contributed by atoms with Gasteiger partial charge in [-0.15, -0.1) is 11.6 Å². The summed E-state index contributed by atoms with van der Waals surface area (Å²) in [4.78, 5) is 8.48. The van der Waals surface area contributed by atoms with Crippen LogP contribution >= 0.6 is 11.6 Å². The van der Waals surface area contributed by atoms with Crippen molar-refractivity contribution in [3.05, 3.63) is 59.7 Å². The Labute approximate surface area is 125 Å². The van der Waals surface area contributed by atoms with E-state index in [1.54, 1.807) is 18.5 Å². The quantitative estimate of drug-likeness (QED) is 0.683. The Hall–Kier alpha value is -2.01. The Kier molecular flexibility index (Phi) is 3.59. The van der Waals surface area contributed by atoms with Gasteiger partial charge in [-0.05, 0) is 30.7 Å². The van der Waals surface area contributed by atoms with E-state index in [0.717, 1.165) is 17.1 Å². The lowest BCUT2D eigenvalue weighted by Crippen LogP contribution is -2.06. The van der Waals surface area contributed by atoms with Gasteiger partial charge in [-0.2, -0.15) is 0 Å². The highest BCUT2D eigenvalue weighted by Gasteiger charge is 2.15. The number of rotatable bonds is 3. The molecule has 1 unspecified atom stereocenters. The van der Waals surface area contributed by atoms with Gasteiger partial charge < -0.3 is 4.57 Å². The molecular weight excluding hydrogens is 296 g/mol. The van der Waals surface area contributed by atoms with Crippen molar-refractivity contribution in [2.45, 2.75) is 18.8 Å². The fourth-order valence-corrected chi connectivity index (χ4v) is 2.46. The number of pyridine rings is 1. The van der Waals surface area contributed by atoms with Crippen LogP contribution in [-0.4, -0.2) is 14.5 Å². The van der Waals surface area contributed by atoms with E-state index in [1.165, 1.54) is 6.07 Å². The monoisotopic (exact) mass is 307 g/mol. The molecule has 0 bridgehead atoms. The summed E-state index contributed by atoms with van der Waals surface area (Å²) in [6.07, 6.45) is 3.31. The molecule has 0 fully saturated rings. The summed E-state index contributed by atoms with van der Waals surface area (Å²) in [6.45, 7) is 2.18. The molecule has 0 amide bonds. The van der Waals surface area contributed by atoms with Crippen molar-refractivity contribution in [1.82, 2.24) is 14.5 Å². The molecule has 1 atom stereocenters. The molecule has 2 aromatic heterocycles. The number of halogens is 3. The number of benzene rings is 1. The van der Waals surface area contributed by atoms with Crippen LogP contribution in [0.15, 0.2) is 36.7 Å². The Morgan fingerprint density at radius 1 is 1.24 bits per heavy atom. The van der Waals surface area contributed by atoms with Gasteiger partial charge in [0.15, 0.2) is 11.6 Å². The summed E-state index contributed by atoms with van der Waals surface area (Å²) < 4.78 is 28.2. The highest BCUT2D eigenvalue weighted by molar-refractivity contribution is 6.20. The molecule has 0 saturated heterocycles. The highest BCUT2D eigenvalue weighted by atomic mass is 35.5. The Morgan fingerprint density at radius 2 is 2.05 bits per heavy atom. The van der Waals surface area contributed by atoms with Gasteiger partial charge in [-0.25, -0.2) is 13.8 Å². The minimum Gasteiger partial charge on any atom is -0.322 e. The molecule has 0 aliphatic heterocycles. The Bertz CT molecular complexity index is 799. The molecule has 0 aliphatic carbocycles. The van der Waals surface area contributed by atoms with E-state index in [9.17, 15) is 8.78 Å². The fourth-order valence-electron chi connectivity index (χ4n) is 2.29. The summed E-state index contributed by atoms with van der Waals surface area (Å²) in [5.74, 6) is -1.05. The molecule has 2 heterocycles. The number of imidazole rings is 1. The second-order valence-corrected chi connectivity index (χ2v) is 5.44. The average Bonchev–Trinajstić information content (AvgIpc) is 2.82. The minimum absolute atomic E-state index is 0.303. The SMILES string of the molecule is CC(Cl)c1nc2cnccc2n1Cc1ccc(F)c(F)c1. The van der Waals surface area contributed by atoms with Gasteiger partial charge in [-0.3, -0.25) is 4.98 Å². The first-order valence-electron chi connectivity index (χ1n) is 6.44. The molecule has 0 saturated carbocycles. The number of alkyl halides is 1. The maximum atomic E-state index is 13.3. The van der Waals surface area contributed by atoms with Gasteiger partial charge in [0.05, 0.1) is 17.1 Å². The summed E-state index contributed by atoms with van der Waals surface area (Å²) in [7, 11) is 0. The van der Waals surface area contributed by atoms with E-state index < -0.39 is 11.6 Å². The van der Waals surface area contributed by atoms with Crippen LogP contribution < -0.4 is 0 Å². The van der Waals surface area contributed by atoms with Gasteiger partial charge in [0, 0.05) is 12.7 Å². The van der Waals surface area contributed by atoms with Gasteiger partial charge in [0.1, 0.15) is 11.3 Å². The van der Waals surface area contributed by atoms with Crippen molar-refractivity contribution in [2.24, 2.45) is 0 Å². The normalized spacial score (nSPS) is 12.8. The first kappa shape index (κ1) is 13.9. The molecule has 108 valence electrons. The molecule has 0 aliphatic rings. The minimum atomic E-state index is -0.862. The molecule has 3 aromatic rings. The lowest BCUT2D eigenvalue weighted by Gasteiger charge is -2.11. The number of fused-ring (bicyclic) bond motifs is 1. The summed E-state index contributed by atoms with van der Waals surface area (Å²) in [6, 6.07) is 5.68. The zero-order valence-electron chi connectivity index (χ0n) is 11.2. The zero-order valence-corrected chi connectivity index (χ0v) is 12.0. The van der Waals surface area contributed by atoms with Gasteiger partial charge in [-0.1, -0.05) is 6.07 Å². The van der Waals surface area contributed by atoms with Crippen LogP contribution in [0.25, 0.3) is 11.0 Å². The molecular formula is C15H12ClF2N3. The first-order chi connectivity index (χ1) is 10.1. The summed E-state index contributed by atoms with van der Waals surface area (Å²) >= 11 is 6.16. The van der Waals surface area contributed by atoms with Crippen molar-refractivity contribution in [3.63, 3.8) is 0 Å². The van der Waals surface area contributed by atoms with E-state index in [-0.39, 0.29) is 5.38 Å². The molecule has 0 spiro atoms. The molecule has 0 N–H and O–H groups in total. The van der Waals surface area contributed by atoms with Crippen molar-refractivity contribution in [2.75, 3.05) is 0 Å². The molecule has 21 heavy (non-hydrogen) atoms. The van der Waals surface area contributed by atoms with Crippen LogP contribution in [-0.2, 0) is 6.54 Å². The van der Waals surface area contributed by atoms with Crippen molar-refractivity contribution >= 4 is 22.6 Å². The van der Waals surface area contributed by atoms with E-state index in [4.69, 9.17) is 11.6 Å². The number of hydrogen-bond acceptors (Lipinski definition) is 2. The molecule has 3 nitrogen and oxygen atoms in total. The highest BCUT2D eigenvalue weighted by Crippen LogP contribution is 2.25. The molecule has 6 heteroatoms. The second-order valence-electron chi connectivity index (χ2n) is 4.78. The topological polar surface area (TPSA) is 30.7 Å². The van der Waals surface area contributed by atoms with Crippen LogP contribution in [0.5, 0.6) is 0 Å².